The number of H-pyrrole nitrogens is 1. The number of unbranched alkanes of at least 4 members (excludes halogenated alkanes) is 2. The van der Waals surface area contributed by atoms with Crippen molar-refractivity contribution in [3.63, 3.8) is 0 Å². The number of primary amides is 1. The average molecular weight is 527 g/mol. The van der Waals surface area contributed by atoms with Crippen LogP contribution in [0.5, 0.6) is 0 Å². The van der Waals surface area contributed by atoms with Crippen molar-refractivity contribution in [3.05, 3.63) is 74.8 Å². The normalized spacial score (nSPS) is 21.8. The van der Waals surface area contributed by atoms with Gasteiger partial charge in [0.2, 0.25) is 12.2 Å². The summed E-state index contributed by atoms with van der Waals surface area (Å²) in [6.45, 7) is 2.17. The van der Waals surface area contributed by atoms with Gasteiger partial charge in [-0.1, -0.05) is 31.9 Å². The number of aryl methyl sites for hydroxylation is 1. The van der Waals surface area contributed by atoms with E-state index in [1.54, 1.807) is 6.08 Å². The van der Waals surface area contributed by atoms with Crippen LogP contribution in [0, 0.1) is 0 Å². The standard InChI is InChI=1S/C27H34N4O7/c1-2-3-4-6-17-9-11-18(12-10-17)29-26(34)20-7-5-8-23(37-20)38-24(25(28)33)19-13-14-22(36-19)31-16-15-21(32)30-27(31)35/h7,9-12,15-16,19,22-24H,2-6,8,13-14H2,1H3,(H2,28,33)(H,29,34)(H,30,32,35). The van der Waals surface area contributed by atoms with E-state index in [-0.39, 0.29) is 5.76 Å². The predicted octanol–water partition coefficient (Wildman–Crippen LogP) is 2.48. The molecule has 1 fully saturated rings. The van der Waals surface area contributed by atoms with E-state index in [1.165, 1.54) is 35.2 Å². The van der Waals surface area contributed by atoms with Gasteiger partial charge in [-0.15, -0.1) is 0 Å². The number of hydrogen-bond donors (Lipinski definition) is 3. The Morgan fingerprint density at radius 3 is 2.66 bits per heavy atom. The summed E-state index contributed by atoms with van der Waals surface area (Å²) < 4.78 is 18.8. The van der Waals surface area contributed by atoms with E-state index in [0.717, 1.165) is 12.8 Å². The molecule has 4 atom stereocenters. The summed E-state index contributed by atoms with van der Waals surface area (Å²) >= 11 is 0. The molecule has 2 aromatic rings. The van der Waals surface area contributed by atoms with Crippen LogP contribution in [0.4, 0.5) is 5.69 Å². The molecular weight excluding hydrogens is 492 g/mol. The average Bonchev–Trinajstić information content (AvgIpc) is 3.38. The zero-order valence-electron chi connectivity index (χ0n) is 21.4. The number of anilines is 1. The molecule has 1 aromatic heterocycles. The van der Waals surface area contributed by atoms with Gasteiger partial charge in [0.1, 0.15) is 6.23 Å². The molecule has 11 heteroatoms. The minimum Gasteiger partial charge on any atom is -0.459 e. The number of nitrogens with zero attached hydrogens (tertiary/aromatic N) is 1. The van der Waals surface area contributed by atoms with Gasteiger partial charge < -0.3 is 25.3 Å². The first-order valence-electron chi connectivity index (χ1n) is 13.0. The molecule has 0 radical (unpaired) electrons. The Hall–Kier alpha value is -3.70. The molecule has 4 unspecified atom stereocenters. The molecule has 1 aromatic carbocycles. The van der Waals surface area contributed by atoms with E-state index in [1.807, 2.05) is 24.3 Å². The largest absolute Gasteiger partial charge is 0.459 e. The van der Waals surface area contributed by atoms with Gasteiger partial charge in [0, 0.05) is 24.4 Å². The lowest BCUT2D eigenvalue weighted by Crippen LogP contribution is -2.44. The fourth-order valence-electron chi connectivity index (χ4n) is 4.60. The predicted molar refractivity (Wildman–Crippen MR) is 139 cm³/mol. The number of aromatic amines is 1. The minimum atomic E-state index is -1.15. The molecule has 0 bridgehead atoms. The Morgan fingerprint density at radius 1 is 1.16 bits per heavy atom. The van der Waals surface area contributed by atoms with Crippen molar-refractivity contribution in [3.8, 4) is 0 Å². The molecule has 2 aliphatic heterocycles. The van der Waals surface area contributed by atoms with Crippen molar-refractivity contribution in [2.24, 2.45) is 5.73 Å². The monoisotopic (exact) mass is 526 g/mol. The number of nitrogens with two attached hydrogens (primary N) is 1. The third-order valence-electron chi connectivity index (χ3n) is 6.60. The van der Waals surface area contributed by atoms with Gasteiger partial charge in [0.05, 0.1) is 6.10 Å². The maximum absolute atomic E-state index is 12.8. The number of carbonyl (C=O) groups is 2. The third-order valence-corrected chi connectivity index (χ3v) is 6.60. The lowest BCUT2D eigenvalue weighted by Gasteiger charge is -2.29. The van der Waals surface area contributed by atoms with Gasteiger partial charge in [-0.3, -0.25) is 23.9 Å². The number of rotatable bonds is 11. The minimum absolute atomic E-state index is 0.0986. The van der Waals surface area contributed by atoms with E-state index >= 15 is 0 Å². The van der Waals surface area contributed by atoms with Crippen molar-refractivity contribution < 1.29 is 23.8 Å². The molecular formula is C27H34N4O7. The summed E-state index contributed by atoms with van der Waals surface area (Å²) in [7, 11) is 0. The van der Waals surface area contributed by atoms with E-state index < -0.39 is 47.8 Å². The Morgan fingerprint density at radius 2 is 1.95 bits per heavy atom. The number of benzene rings is 1. The Balaban J connectivity index is 1.33. The number of amides is 2. The highest BCUT2D eigenvalue weighted by Crippen LogP contribution is 2.31. The number of ether oxygens (including phenoxy) is 3. The second-order valence-corrected chi connectivity index (χ2v) is 9.48. The van der Waals surface area contributed by atoms with E-state index in [4.69, 9.17) is 19.9 Å². The maximum atomic E-state index is 12.8. The van der Waals surface area contributed by atoms with Gasteiger partial charge in [-0.25, -0.2) is 4.79 Å². The Bertz CT molecular complexity index is 1270. The second kappa shape index (κ2) is 12.7. The van der Waals surface area contributed by atoms with E-state index in [9.17, 15) is 19.2 Å². The van der Waals surface area contributed by atoms with Crippen molar-refractivity contribution >= 4 is 17.5 Å². The summed E-state index contributed by atoms with van der Waals surface area (Å²) in [5.74, 6) is -1.06. The van der Waals surface area contributed by atoms with Crippen LogP contribution in [0.2, 0.25) is 0 Å². The van der Waals surface area contributed by atoms with Crippen LogP contribution in [0.25, 0.3) is 0 Å². The molecule has 4 N–H and O–H groups in total. The highest BCUT2D eigenvalue weighted by molar-refractivity contribution is 6.02. The summed E-state index contributed by atoms with van der Waals surface area (Å²) in [6.07, 6.45) is 5.83. The second-order valence-electron chi connectivity index (χ2n) is 9.48. The molecule has 3 heterocycles. The fourth-order valence-corrected chi connectivity index (χ4v) is 4.60. The van der Waals surface area contributed by atoms with Crippen molar-refractivity contribution in [2.45, 2.75) is 83.0 Å². The first-order valence-corrected chi connectivity index (χ1v) is 13.0. The molecule has 4 rings (SSSR count). The molecule has 1 saturated heterocycles. The third kappa shape index (κ3) is 6.99. The first-order chi connectivity index (χ1) is 18.3. The number of nitrogens with one attached hydrogen (secondary N) is 2. The maximum Gasteiger partial charge on any atom is 0.330 e. The molecule has 204 valence electrons. The summed E-state index contributed by atoms with van der Waals surface area (Å²) in [5.41, 5.74) is 6.36. The zero-order valence-corrected chi connectivity index (χ0v) is 21.4. The summed E-state index contributed by atoms with van der Waals surface area (Å²) in [6, 6.07) is 8.95. The van der Waals surface area contributed by atoms with Crippen molar-refractivity contribution in [1.82, 2.24) is 9.55 Å². The molecule has 2 amide bonds. The van der Waals surface area contributed by atoms with Gasteiger partial charge in [0.15, 0.2) is 11.9 Å². The molecule has 0 spiro atoms. The van der Waals surface area contributed by atoms with Gasteiger partial charge in [-0.05, 0) is 55.9 Å². The van der Waals surface area contributed by atoms with Crippen LogP contribution in [0.3, 0.4) is 0 Å². The van der Waals surface area contributed by atoms with Crippen LogP contribution in [-0.2, 0) is 30.2 Å². The highest BCUT2D eigenvalue weighted by atomic mass is 16.7. The van der Waals surface area contributed by atoms with Gasteiger partial charge in [0.25, 0.3) is 11.5 Å². The molecule has 0 aliphatic carbocycles. The van der Waals surface area contributed by atoms with Crippen LogP contribution >= 0.6 is 0 Å². The van der Waals surface area contributed by atoms with E-state index in [0.29, 0.717) is 31.4 Å². The van der Waals surface area contributed by atoms with E-state index in [2.05, 4.69) is 17.2 Å². The number of hydrogen-bond acceptors (Lipinski definition) is 7. The molecule has 11 nitrogen and oxygen atoms in total. The fraction of sp³-hybridized carbons (Fsp3) is 0.481. The van der Waals surface area contributed by atoms with Crippen LogP contribution in [0.15, 0.2) is 58.0 Å². The van der Waals surface area contributed by atoms with Crippen molar-refractivity contribution in [1.29, 1.82) is 0 Å². The van der Waals surface area contributed by atoms with Crippen LogP contribution < -0.4 is 22.3 Å². The van der Waals surface area contributed by atoms with Gasteiger partial charge >= 0.3 is 5.69 Å². The number of carbonyl (C=O) groups excluding carboxylic acids is 2. The van der Waals surface area contributed by atoms with Gasteiger partial charge in [-0.2, -0.15) is 0 Å². The lowest BCUT2D eigenvalue weighted by molar-refractivity contribution is -0.194. The SMILES string of the molecule is CCCCCc1ccc(NC(=O)C2=CCCC(OC(C(N)=O)C3CCC(n4ccc(=O)[nH]c4=O)O3)O2)cc1. The molecule has 0 saturated carbocycles. The number of allylic oxidation sites excluding steroid dienone is 1. The number of aromatic nitrogens is 2. The lowest BCUT2D eigenvalue weighted by atomic mass is 10.1. The first kappa shape index (κ1) is 27.3. The Labute approximate surface area is 220 Å². The molecule has 38 heavy (non-hydrogen) atoms. The summed E-state index contributed by atoms with van der Waals surface area (Å²) in [5, 5.41) is 2.83. The highest BCUT2D eigenvalue weighted by Gasteiger charge is 2.39. The van der Waals surface area contributed by atoms with Crippen LogP contribution in [-0.4, -0.2) is 39.9 Å². The van der Waals surface area contributed by atoms with Crippen molar-refractivity contribution in [2.75, 3.05) is 5.32 Å². The smallest absolute Gasteiger partial charge is 0.330 e. The summed E-state index contributed by atoms with van der Waals surface area (Å²) in [4.78, 5) is 50.7. The Kier molecular flexibility index (Phi) is 9.14. The van der Waals surface area contributed by atoms with Crippen LogP contribution in [0.1, 0.15) is 63.7 Å². The molecule has 2 aliphatic rings. The zero-order chi connectivity index (χ0) is 27.1. The quantitative estimate of drug-likeness (QED) is 0.380. The topological polar surface area (TPSA) is 155 Å².